The van der Waals surface area contributed by atoms with Crippen molar-refractivity contribution in [3.63, 3.8) is 0 Å². The van der Waals surface area contributed by atoms with Crippen molar-refractivity contribution in [1.82, 2.24) is 5.32 Å². The van der Waals surface area contributed by atoms with E-state index in [1.165, 1.54) is 28.8 Å². The molecule has 5 nitrogen and oxygen atoms in total. The molecule has 0 bridgehead atoms. The number of nitrogens with zero attached hydrogens (tertiary/aromatic N) is 1. The van der Waals surface area contributed by atoms with Gasteiger partial charge in [0.2, 0.25) is 0 Å². The summed E-state index contributed by atoms with van der Waals surface area (Å²) in [5, 5.41) is 3.35. The Hall–Kier alpha value is -3.09. The fraction of sp³-hybridized carbons (Fsp3) is 0.379. The van der Waals surface area contributed by atoms with Crippen LogP contribution >= 0.6 is 0 Å². The van der Waals surface area contributed by atoms with Crippen LogP contribution in [-0.4, -0.2) is 45.6 Å². The quantitative estimate of drug-likeness (QED) is 0.524. The van der Waals surface area contributed by atoms with E-state index >= 15 is 0 Å². The lowest BCUT2D eigenvalue weighted by molar-refractivity contribution is -0.0350. The number of hydrogen-bond acceptors (Lipinski definition) is 5. The first-order valence-electron chi connectivity index (χ1n) is 12.4. The second-order valence-electron chi connectivity index (χ2n) is 9.28. The highest BCUT2D eigenvalue weighted by atomic mass is 19.1. The third kappa shape index (κ3) is 5.44. The van der Waals surface area contributed by atoms with Crippen LogP contribution in [0.4, 0.5) is 10.1 Å². The van der Waals surface area contributed by atoms with Gasteiger partial charge < -0.3 is 24.4 Å². The summed E-state index contributed by atoms with van der Waals surface area (Å²) in [6, 6.07) is 21.7. The van der Waals surface area contributed by atoms with Crippen molar-refractivity contribution in [2.24, 2.45) is 0 Å². The van der Waals surface area contributed by atoms with Gasteiger partial charge in [-0.25, -0.2) is 4.39 Å². The van der Waals surface area contributed by atoms with Gasteiger partial charge in [0.15, 0.2) is 0 Å². The molecule has 2 heterocycles. The van der Waals surface area contributed by atoms with E-state index in [2.05, 4.69) is 41.4 Å². The Morgan fingerprint density at radius 2 is 1.83 bits per heavy atom. The molecule has 3 aromatic carbocycles. The maximum Gasteiger partial charge on any atom is 0.123 e. The van der Waals surface area contributed by atoms with Gasteiger partial charge in [-0.15, -0.1) is 0 Å². The van der Waals surface area contributed by atoms with E-state index < -0.39 is 0 Å². The molecule has 2 aliphatic rings. The number of morpholine rings is 1. The topological polar surface area (TPSA) is 43.0 Å². The lowest BCUT2D eigenvalue weighted by Gasteiger charge is -2.39. The lowest BCUT2D eigenvalue weighted by Crippen LogP contribution is -2.46. The summed E-state index contributed by atoms with van der Waals surface area (Å²) in [6.07, 6.45) is 1.79. The van der Waals surface area contributed by atoms with Crippen molar-refractivity contribution >= 4 is 5.69 Å². The van der Waals surface area contributed by atoms with Crippen LogP contribution in [0.3, 0.4) is 0 Å². The average molecular weight is 477 g/mol. The molecular weight excluding hydrogens is 443 g/mol. The van der Waals surface area contributed by atoms with E-state index in [1.54, 1.807) is 7.11 Å². The van der Waals surface area contributed by atoms with Crippen LogP contribution in [0.15, 0.2) is 66.7 Å². The minimum Gasteiger partial charge on any atom is -0.497 e. The predicted octanol–water partition coefficient (Wildman–Crippen LogP) is 4.94. The minimum absolute atomic E-state index is 0.0252. The van der Waals surface area contributed by atoms with E-state index in [0.717, 1.165) is 56.3 Å². The fourth-order valence-electron chi connectivity index (χ4n) is 5.08. The van der Waals surface area contributed by atoms with Gasteiger partial charge >= 0.3 is 0 Å². The molecule has 5 rings (SSSR count). The molecule has 1 saturated heterocycles. The number of methoxy groups -OCH3 is 1. The number of halogens is 1. The van der Waals surface area contributed by atoms with Gasteiger partial charge in [0.25, 0.3) is 0 Å². The van der Waals surface area contributed by atoms with Crippen LogP contribution in [-0.2, 0) is 17.6 Å². The third-order valence-corrected chi connectivity index (χ3v) is 7.02. The predicted molar refractivity (Wildman–Crippen MR) is 136 cm³/mol. The maximum absolute atomic E-state index is 13.6. The van der Waals surface area contributed by atoms with Crippen LogP contribution in [0.5, 0.6) is 11.5 Å². The van der Waals surface area contributed by atoms with Gasteiger partial charge in [-0.05, 0) is 85.0 Å². The lowest BCUT2D eigenvalue weighted by atomic mass is 9.88. The molecule has 6 heteroatoms. The SMILES string of the molecule is COc1ccc2c(c1)CCN(c1ccc(F)cc1)C2Cc1ccc(OC(C)C2CNCCO2)cc1. The molecule has 2 aliphatic heterocycles. The van der Waals surface area contributed by atoms with Gasteiger partial charge in [0, 0.05) is 25.3 Å². The summed E-state index contributed by atoms with van der Waals surface area (Å²) in [5.74, 6) is 1.51. The monoisotopic (exact) mass is 476 g/mol. The smallest absolute Gasteiger partial charge is 0.123 e. The number of fused-ring (bicyclic) bond motifs is 1. The standard InChI is InChI=1S/C29H33FN2O3/c1-20(29-19-31-14-16-34-29)35-25-9-3-21(4-10-25)17-28-27-12-11-26(33-2)18-22(27)13-15-32(28)24-7-5-23(30)6-8-24/h3-12,18,20,28-29,31H,13-17,19H2,1-2H3. The van der Waals surface area contributed by atoms with Crippen LogP contribution in [0.25, 0.3) is 0 Å². The molecule has 184 valence electrons. The zero-order valence-corrected chi connectivity index (χ0v) is 20.4. The molecule has 3 unspecified atom stereocenters. The second kappa shape index (κ2) is 10.7. The average Bonchev–Trinajstić information content (AvgIpc) is 2.90. The Morgan fingerprint density at radius 3 is 2.54 bits per heavy atom. The number of rotatable bonds is 7. The molecule has 0 aliphatic carbocycles. The molecule has 0 saturated carbocycles. The Bertz CT molecular complexity index is 1110. The highest BCUT2D eigenvalue weighted by molar-refractivity contribution is 5.54. The molecule has 35 heavy (non-hydrogen) atoms. The minimum atomic E-state index is -0.216. The van der Waals surface area contributed by atoms with Gasteiger partial charge in [-0.2, -0.15) is 0 Å². The van der Waals surface area contributed by atoms with E-state index in [0.29, 0.717) is 0 Å². The van der Waals surface area contributed by atoms with Crippen LogP contribution in [0.2, 0.25) is 0 Å². The first kappa shape index (κ1) is 23.6. The third-order valence-electron chi connectivity index (χ3n) is 7.02. The van der Waals surface area contributed by atoms with Crippen LogP contribution < -0.4 is 19.7 Å². The van der Waals surface area contributed by atoms with Crippen molar-refractivity contribution < 1.29 is 18.6 Å². The Balaban J connectivity index is 1.36. The van der Waals surface area contributed by atoms with E-state index in [1.807, 2.05) is 30.3 Å². The van der Waals surface area contributed by atoms with Crippen LogP contribution in [0, 0.1) is 5.82 Å². The first-order valence-corrected chi connectivity index (χ1v) is 12.4. The molecular formula is C29H33FN2O3. The summed E-state index contributed by atoms with van der Waals surface area (Å²) in [6.45, 7) is 5.34. The molecule has 3 atom stereocenters. The maximum atomic E-state index is 13.6. The molecule has 0 amide bonds. The fourth-order valence-corrected chi connectivity index (χ4v) is 5.08. The molecule has 0 spiro atoms. The Kier molecular flexibility index (Phi) is 7.21. The summed E-state index contributed by atoms with van der Waals surface area (Å²) >= 11 is 0. The van der Waals surface area contributed by atoms with E-state index in [4.69, 9.17) is 14.2 Å². The zero-order valence-electron chi connectivity index (χ0n) is 20.4. The van der Waals surface area contributed by atoms with Crippen molar-refractivity contribution in [3.8, 4) is 11.5 Å². The largest absolute Gasteiger partial charge is 0.497 e. The van der Waals surface area contributed by atoms with Gasteiger partial charge in [0.05, 0.1) is 19.8 Å². The number of ether oxygens (including phenoxy) is 3. The second-order valence-corrected chi connectivity index (χ2v) is 9.28. The molecule has 1 N–H and O–H groups in total. The Morgan fingerprint density at radius 1 is 1.06 bits per heavy atom. The van der Waals surface area contributed by atoms with Crippen molar-refractivity contribution in [3.05, 3.63) is 89.2 Å². The summed E-state index contributed by atoms with van der Waals surface area (Å²) in [5.41, 5.74) is 4.86. The summed E-state index contributed by atoms with van der Waals surface area (Å²) in [7, 11) is 1.70. The number of nitrogens with one attached hydrogen (secondary N) is 1. The molecule has 0 radical (unpaired) electrons. The molecule has 0 aromatic heterocycles. The summed E-state index contributed by atoms with van der Waals surface area (Å²) < 4.78 is 31.1. The van der Waals surface area contributed by atoms with Crippen LogP contribution in [0.1, 0.15) is 29.7 Å². The summed E-state index contributed by atoms with van der Waals surface area (Å²) in [4.78, 5) is 2.38. The normalized spacial score (nSPS) is 20.7. The highest BCUT2D eigenvalue weighted by Gasteiger charge is 2.28. The molecule has 1 fully saturated rings. The van der Waals surface area contributed by atoms with Crippen molar-refractivity contribution in [1.29, 1.82) is 0 Å². The Labute approximate surface area is 206 Å². The van der Waals surface area contributed by atoms with Crippen molar-refractivity contribution in [2.75, 3.05) is 38.3 Å². The van der Waals surface area contributed by atoms with E-state index in [9.17, 15) is 4.39 Å². The van der Waals surface area contributed by atoms with Gasteiger partial charge in [-0.1, -0.05) is 18.2 Å². The first-order chi connectivity index (χ1) is 17.1. The van der Waals surface area contributed by atoms with Gasteiger partial charge in [-0.3, -0.25) is 0 Å². The highest BCUT2D eigenvalue weighted by Crippen LogP contribution is 2.37. The van der Waals surface area contributed by atoms with Crippen molar-refractivity contribution in [2.45, 2.75) is 38.0 Å². The molecule has 3 aromatic rings. The number of benzene rings is 3. The van der Waals surface area contributed by atoms with E-state index in [-0.39, 0.29) is 24.1 Å². The number of anilines is 1. The van der Waals surface area contributed by atoms with Gasteiger partial charge in [0.1, 0.15) is 29.5 Å². The zero-order chi connectivity index (χ0) is 24.2. The number of hydrogen-bond donors (Lipinski definition) is 1.